The van der Waals surface area contributed by atoms with E-state index in [1.807, 2.05) is 31.2 Å². The lowest BCUT2D eigenvalue weighted by Gasteiger charge is -2.07. The molecule has 0 aliphatic carbocycles. The second-order valence-electron chi connectivity index (χ2n) is 6.18. The molecule has 0 saturated carbocycles. The van der Waals surface area contributed by atoms with Gasteiger partial charge in [-0.05, 0) is 48.4 Å². The van der Waals surface area contributed by atoms with Crippen LogP contribution in [0.1, 0.15) is 21.5 Å². The molecule has 0 aliphatic heterocycles. The smallest absolute Gasteiger partial charge is 0.343 e. The molecule has 0 aromatic heterocycles. The molecule has 0 atom stereocenters. The Bertz CT molecular complexity index is 1020. The number of nitrogens with zero attached hydrogens (tertiary/aromatic N) is 1. The third-order valence-electron chi connectivity index (χ3n) is 3.93. The molecule has 0 bridgehead atoms. The van der Waals surface area contributed by atoms with Crippen LogP contribution in [0.3, 0.4) is 0 Å². The topological polar surface area (TPSA) is 77.0 Å². The Balaban J connectivity index is 1.51. The summed E-state index contributed by atoms with van der Waals surface area (Å²) in [7, 11) is 0. The van der Waals surface area contributed by atoms with E-state index in [9.17, 15) is 9.59 Å². The number of ether oxygens (including phenoxy) is 2. The van der Waals surface area contributed by atoms with E-state index in [1.54, 1.807) is 54.6 Å². The van der Waals surface area contributed by atoms with Gasteiger partial charge in [-0.2, -0.15) is 5.10 Å². The summed E-state index contributed by atoms with van der Waals surface area (Å²) < 4.78 is 10.8. The molecule has 0 fully saturated rings. The van der Waals surface area contributed by atoms with Crippen LogP contribution < -0.4 is 14.9 Å². The zero-order chi connectivity index (χ0) is 20.5. The number of para-hydroxylation sites is 1. The standard InChI is InChI=1S/C23H20N2O4/c1-17-8-5-6-13-21(17)28-16-22(26)25-24-15-18-9-7-12-20(14-18)29-23(27)19-10-3-2-4-11-19/h2-15H,16H2,1H3,(H,25,26)/b24-15+. The number of hydrogen-bond donors (Lipinski definition) is 1. The first-order valence-corrected chi connectivity index (χ1v) is 8.99. The van der Waals surface area contributed by atoms with Gasteiger partial charge in [0.2, 0.25) is 0 Å². The van der Waals surface area contributed by atoms with E-state index < -0.39 is 5.97 Å². The molecule has 29 heavy (non-hydrogen) atoms. The lowest BCUT2D eigenvalue weighted by Crippen LogP contribution is -2.24. The molecule has 0 aliphatic rings. The monoisotopic (exact) mass is 388 g/mol. The number of hydrogen-bond acceptors (Lipinski definition) is 5. The van der Waals surface area contributed by atoms with Gasteiger partial charge in [0, 0.05) is 0 Å². The van der Waals surface area contributed by atoms with Crippen molar-refractivity contribution in [3.63, 3.8) is 0 Å². The number of benzene rings is 3. The Labute approximate surface area is 168 Å². The zero-order valence-electron chi connectivity index (χ0n) is 15.9. The highest BCUT2D eigenvalue weighted by atomic mass is 16.5. The maximum Gasteiger partial charge on any atom is 0.343 e. The molecule has 3 aromatic carbocycles. The van der Waals surface area contributed by atoms with Gasteiger partial charge in [0.25, 0.3) is 5.91 Å². The molecule has 1 N–H and O–H groups in total. The molecule has 6 heteroatoms. The Morgan fingerprint density at radius 3 is 2.52 bits per heavy atom. The van der Waals surface area contributed by atoms with Gasteiger partial charge in [0.05, 0.1) is 11.8 Å². The lowest BCUT2D eigenvalue weighted by atomic mass is 10.2. The van der Waals surface area contributed by atoms with E-state index in [2.05, 4.69) is 10.5 Å². The van der Waals surface area contributed by atoms with E-state index in [0.29, 0.717) is 22.6 Å². The van der Waals surface area contributed by atoms with Gasteiger partial charge in [0.15, 0.2) is 6.61 Å². The number of esters is 1. The SMILES string of the molecule is Cc1ccccc1OCC(=O)N/N=C/c1cccc(OC(=O)c2ccccc2)c1. The van der Waals surface area contributed by atoms with Crippen molar-refractivity contribution in [2.75, 3.05) is 6.61 Å². The van der Waals surface area contributed by atoms with E-state index in [4.69, 9.17) is 9.47 Å². The van der Waals surface area contributed by atoms with Crippen LogP contribution in [0.4, 0.5) is 0 Å². The van der Waals surface area contributed by atoms with Gasteiger partial charge < -0.3 is 9.47 Å². The summed E-state index contributed by atoms with van der Waals surface area (Å²) >= 11 is 0. The predicted molar refractivity (Wildman–Crippen MR) is 110 cm³/mol. The van der Waals surface area contributed by atoms with E-state index in [0.717, 1.165) is 5.56 Å². The van der Waals surface area contributed by atoms with Crippen molar-refractivity contribution in [2.24, 2.45) is 5.10 Å². The van der Waals surface area contributed by atoms with E-state index >= 15 is 0 Å². The second kappa shape index (κ2) is 9.85. The quantitative estimate of drug-likeness (QED) is 0.289. The van der Waals surface area contributed by atoms with Crippen LogP contribution in [0.2, 0.25) is 0 Å². The number of amides is 1. The van der Waals surface area contributed by atoms with Crippen molar-refractivity contribution in [3.8, 4) is 11.5 Å². The summed E-state index contributed by atoms with van der Waals surface area (Å²) in [5.74, 6) is 0.217. The first-order chi connectivity index (χ1) is 14.1. The highest BCUT2D eigenvalue weighted by molar-refractivity contribution is 5.91. The number of nitrogens with one attached hydrogen (secondary N) is 1. The Morgan fingerprint density at radius 1 is 0.966 bits per heavy atom. The summed E-state index contributed by atoms with van der Waals surface area (Å²) in [5.41, 5.74) is 4.49. The number of carbonyl (C=O) groups excluding carboxylic acids is 2. The summed E-state index contributed by atoms with van der Waals surface area (Å²) in [5, 5.41) is 3.91. The van der Waals surface area contributed by atoms with E-state index in [1.165, 1.54) is 6.21 Å². The van der Waals surface area contributed by atoms with Gasteiger partial charge in [-0.25, -0.2) is 10.2 Å². The largest absolute Gasteiger partial charge is 0.483 e. The highest BCUT2D eigenvalue weighted by Crippen LogP contribution is 2.16. The molecular weight excluding hydrogens is 368 g/mol. The van der Waals surface area contributed by atoms with Crippen molar-refractivity contribution < 1.29 is 19.1 Å². The van der Waals surface area contributed by atoms with Gasteiger partial charge >= 0.3 is 5.97 Å². The molecule has 0 radical (unpaired) electrons. The normalized spacial score (nSPS) is 10.5. The minimum atomic E-state index is -0.443. The lowest BCUT2D eigenvalue weighted by molar-refractivity contribution is -0.123. The van der Waals surface area contributed by atoms with Gasteiger partial charge in [-0.1, -0.05) is 48.5 Å². The van der Waals surface area contributed by atoms with Crippen LogP contribution in [-0.2, 0) is 4.79 Å². The molecule has 3 rings (SSSR count). The molecule has 0 unspecified atom stereocenters. The van der Waals surface area contributed by atoms with Crippen molar-refractivity contribution in [3.05, 3.63) is 95.6 Å². The van der Waals surface area contributed by atoms with Crippen LogP contribution in [0, 0.1) is 6.92 Å². The molecular formula is C23H20N2O4. The maximum absolute atomic E-state index is 12.1. The molecule has 0 heterocycles. The molecule has 1 amide bonds. The molecule has 6 nitrogen and oxygen atoms in total. The first-order valence-electron chi connectivity index (χ1n) is 8.99. The van der Waals surface area contributed by atoms with Crippen LogP contribution in [0.25, 0.3) is 0 Å². The third kappa shape index (κ3) is 6.04. The Kier molecular flexibility index (Phi) is 6.73. The van der Waals surface area contributed by atoms with Crippen LogP contribution in [0.15, 0.2) is 84.0 Å². The predicted octanol–water partition coefficient (Wildman–Crippen LogP) is 3.74. The van der Waals surface area contributed by atoms with Crippen molar-refractivity contribution in [1.82, 2.24) is 5.43 Å². The summed E-state index contributed by atoms with van der Waals surface area (Å²) in [6, 6.07) is 23.0. The van der Waals surface area contributed by atoms with Crippen LogP contribution in [-0.4, -0.2) is 24.7 Å². The first kappa shape index (κ1) is 19.8. The fraction of sp³-hybridized carbons (Fsp3) is 0.0870. The van der Waals surface area contributed by atoms with Crippen LogP contribution >= 0.6 is 0 Å². The number of rotatable bonds is 7. The second-order valence-corrected chi connectivity index (χ2v) is 6.18. The average Bonchev–Trinajstić information content (AvgIpc) is 2.74. The number of hydrazone groups is 1. The minimum Gasteiger partial charge on any atom is -0.483 e. The molecule has 146 valence electrons. The summed E-state index contributed by atoms with van der Waals surface area (Å²) in [6.45, 7) is 1.76. The minimum absolute atomic E-state index is 0.142. The zero-order valence-corrected chi connectivity index (χ0v) is 15.9. The molecule has 0 saturated heterocycles. The summed E-state index contributed by atoms with van der Waals surface area (Å²) in [4.78, 5) is 24.0. The van der Waals surface area contributed by atoms with Crippen LogP contribution in [0.5, 0.6) is 11.5 Å². The fourth-order valence-electron chi connectivity index (χ4n) is 2.47. The fourth-order valence-corrected chi connectivity index (χ4v) is 2.47. The van der Waals surface area contributed by atoms with Gasteiger partial charge in [-0.3, -0.25) is 4.79 Å². The number of aryl methyl sites for hydroxylation is 1. The summed E-state index contributed by atoms with van der Waals surface area (Å²) in [6.07, 6.45) is 1.46. The highest BCUT2D eigenvalue weighted by Gasteiger charge is 2.08. The van der Waals surface area contributed by atoms with Crippen molar-refractivity contribution in [1.29, 1.82) is 0 Å². The maximum atomic E-state index is 12.1. The van der Waals surface area contributed by atoms with Gasteiger partial charge in [0.1, 0.15) is 11.5 Å². The third-order valence-corrected chi connectivity index (χ3v) is 3.93. The van der Waals surface area contributed by atoms with E-state index in [-0.39, 0.29) is 12.5 Å². The van der Waals surface area contributed by atoms with Crippen molar-refractivity contribution >= 4 is 18.1 Å². The van der Waals surface area contributed by atoms with Gasteiger partial charge in [-0.15, -0.1) is 0 Å². The number of carbonyl (C=O) groups is 2. The Hall–Kier alpha value is -3.93. The Morgan fingerprint density at radius 2 is 1.72 bits per heavy atom. The average molecular weight is 388 g/mol. The molecule has 0 spiro atoms. The van der Waals surface area contributed by atoms with Crippen molar-refractivity contribution in [2.45, 2.75) is 6.92 Å². The molecule has 3 aromatic rings.